The number of carbonyl (C=O) groups excluding carboxylic acids is 1. The summed E-state index contributed by atoms with van der Waals surface area (Å²) in [7, 11) is 0. The molecule has 11 heteroatoms. The molecule has 3 N–H and O–H groups in total. The summed E-state index contributed by atoms with van der Waals surface area (Å²) < 4.78 is 16.7. The lowest BCUT2D eigenvalue weighted by molar-refractivity contribution is -0.384. The number of hydrogen-bond acceptors (Lipinski definition) is 6. The molecule has 0 bridgehead atoms. The fourth-order valence-corrected chi connectivity index (χ4v) is 4.06. The van der Waals surface area contributed by atoms with Gasteiger partial charge < -0.3 is 10.6 Å². The van der Waals surface area contributed by atoms with Crippen molar-refractivity contribution < 1.29 is 18.9 Å². The molecule has 8 nitrogen and oxygen atoms in total. The third-order valence-electron chi connectivity index (χ3n) is 5.10. The van der Waals surface area contributed by atoms with Crippen LogP contribution in [0.5, 0.6) is 0 Å². The van der Waals surface area contributed by atoms with E-state index in [1.807, 2.05) is 0 Å². The Morgan fingerprint density at radius 1 is 1.15 bits per heavy atom. The third kappa shape index (κ3) is 5.75. The topological polar surface area (TPSA) is 106 Å². The fourth-order valence-electron chi connectivity index (χ4n) is 3.16. The van der Waals surface area contributed by atoms with Crippen molar-refractivity contribution in [2.24, 2.45) is 5.92 Å². The zero-order chi connectivity index (χ0) is 24.2. The minimum atomic E-state index is -1.01. The average molecular weight is 597 g/mol. The summed E-state index contributed by atoms with van der Waals surface area (Å²) in [5, 5.41) is 17.7. The van der Waals surface area contributed by atoms with Crippen molar-refractivity contribution in [3.63, 3.8) is 0 Å². The number of hydrogen-bond donors (Lipinski definition) is 3. The van der Waals surface area contributed by atoms with E-state index in [0.717, 1.165) is 22.5 Å². The lowest BCUT2D eigenvalue weighted by Crippen LogP contribution is -2.26. The van der Waals surface area contributed by atoms with Gasteiger partial charge in [-0.1, -0.05) is 29.8 Å². The van der Waals surface area contributed by atoms with Crippen LogP contribution in [-0.4, -0.2) is 17.4 Å². The first-order chi connectivity index (χ1) is 16.3. The number of amides is 1. The highest BCUT2D eigenvalue weighted by atomic mass is 127. The van der Waals surface area contributed by atoms with Gasteiger partial charge in [-0.15, -0.1) is 0 Å². The van der Waals surface area contributed by atoms with Crippen LogP contribution in [0.3, 0.4) is 0 Å². The number of anilines is 4. The van der Waals surface area contributed by atoms with Gasteiger partial charge in [-0.05, 0) is 71.7 Å². The Balaban J connectivity index is 1.78. The van der Waals surface area contributed by atoms with E-state index < -0.39 is 28.0 Å². The van der Waals surface area contributed by atoms with Crippen molar-refractivity contribution >= 4 is 68.5 Å². The maximum atomic E-state index is 15.9. The van der Waals surface area contributed by atoms with Crippen molar-refractivity contribution in [1.29, 1.82) is 0 Å². The van der Waals surface area contributed by atoms with E-state index in [9.17, 15) is 14.9 Å². The van der Waals surface area contributed by atoms with Crippen LogP contribution >= 0.6 is 34.2 Å². The van der Waals surface area contributed by atoms with Crippen LogP contribution in [0.1, 0.15) is 23.2 Å². The summed E-state index contributed by atoms with van der Waals surface area (Å²) in [6, 6.07) is 14.5. The molecule has 0 spiro atoms. The number of nitro groups is 1. The molecule has 34 heavy (non-hydrogen) atoms. The maximum Gasteiger partial charge on any atom is 0.296 e. The number of hydroxylamine groups is 1. The standard InChI is InChI=1S/C23H19ClFIN4O4/c24-17-10-14(26)8-9-18(17)28-21-16(23(31)29-34-12-13-6-7-13)11-19(30(32)33)22(20(21)25)27-15-4-2-1-3-5-15/h1-5,8-11,13,27-28H,6-7,12H2,(H,29,31). The number of nitrogens with one attached hydrogen (secondary N) is 3. The van der Waals surface area contributed by atoms with Gasteiger partial charge in [-0.25, -0.2) is 9.87 Å². The molecule has 0 heterocycles. The van der Waals surface area contributed by atoms with Crippen molar-refractivity contribution in [2.75, 3.05) is 17.2 Å². The smallest absolute Gasteiger partial charge is 0.296 e. The number of halogens is 3. The Labute approximate surface area is 213 Å². The summed E-state index contributed by atoms with van der Waals surface area (Å²) in [5.74, 6) is -1.47. The number of nitrogens with zero attached hydrogens (tertiary/aromatic N) is 1. The second-order valence-electron chi connectivity index (χ2n) is 7.69. The summed E-state index contributed by atoms with van der Waals surface area (Å²) in [4.78, 5) is 29.1. The highest BCUT2D eigenvalue weighted by molar-refractivity contribution is 14.1. The van der Waals surface area contributed by atoms with Crippen molar-refractivity contribution in [2.45, 2.75) is 12.8 Å². The summed E-state index contributed by atoms with van der Waals surface area (Å²) >= 11 is 8.38. The van der Waals surface area contributed by atoms with E-state index in [-0.39, 0.29) is 11.3 Å². The average Bonchev–Trinajstić information content (AvgIpc) is 3.63. The minimum absolute atomic E-state index is 0.278. The summed E-state index contributed by atoms with van der Waals surface area (Å²) in [6.45, 7) is 0.315. The van der Waals surface area contributed by atoms with Crippen molar-refractivity contribution in [3.05, 3.63) is 84.7 Å². The molecule has 1 fully saturated rings. The minimum Gasteiger partial charge on any atom is -0.351 e. The van der Waals surface area contributed by atoms with E-state index in [1.165, 1.54) is 0 Å². The number of benzene rings is 3. The van der Waals surface area contributed by atoms with Gasteiger partial charge in [0, 0.05) is 15.3 Å². The predicted octanol–water partition coefficient (Wildman–Crippen LogP) is 6.55. The molecule has 0 saturated heterocycles. The molecular formula is C23H19ClFIN4O4. The molecule has 0 aliphatic heterocycles. The van der Waals surface area contributed by atoms with Crippen LogP contribution in [0.15, 0.2) is 54.6 Å². The molecule has 0 unspecified atom stereocenters. The Bertz CT molecular complexity index is 1240. The zero-order valence-electron chi connectivity index (χ0n) is 17.6. The van der Waals surface area contributed by atoms with Gasteiger partial charge in [0.25, 0.3) is 11.6 Å². The lowest BCUT2D eigenvalue weighted by Gasteiger charge is -2.17. The largest absolute Gasteiger partial charge is 0.351 e. The van der Waals surface area contributed by atoms with E-state index in [1.54, 1.807) is 48.5 Å². The Morgan fingerprint density at radius 3 is 2.53 bits per heavy atom. The first kappa shape index (κ1) is 24.2. The number of rotatable bonds is 9. The second-order valence-corrected chi connectivity index (χ2v) is 9.34. The number of para-hydroxylation sites is 1. The highest BCUT2D eigenvalue weighted by Gasteiger charge is 2.29. The molecule has 0 aromatic heterocycles. The molecule has 4 rings (SSSR count). The maximum absolute atomic E-state index is 15.9. The van der Waals surface area contributed by atoms with Gasteiger partial charge in [-0.2, -0.15) is 0 Å². The van der Waals surface area contributed by atoms with Crippen molar-refractivity contribution in [3.8, 4) is 0 Å². The molecular weight excluding hydrogens is 578 g/mol. The van der Waals surface area contributed by atoms with Gasteiger partial charge in [0.2, 0.25) is 0 Å². The monoisotopic (exact) mass is 596 g/mol. The normalized spacial score (nSPS) is 12.8. The predicted molar refractivity (Wildman–Crippen MR) is 136 cm³/mol. The zero-order valence-corrected chi connectivity index (χ0v) is 20.5. The SMILES string of the molecule is O=C(NOCC1CC1)c1cc([N+](=O)[O-])c(Nc2ccccc2)c(F)c1Nc1ccc(I)cc1Cl. The van der Waals surface area contributed by atoms with Crippen LogP contribution in [-0.2, 0) is 4.84 Å². The van der Waals surface area contributed by atoms with Gasteiger partial charge >= 0.3 is 0 Å². The van der Waals surface area contributed by atoms with Gasteiger partial charge in [-0.3, -0.25) is 19.7 Å². The fraction of sp³-hybridized carbons (Fsp3) is 0.174. The summed E-state index contributed by atoms with van der Waals surface area (Å²) in [6.07, 6.45) is 2.02. The van der Waals surface area contributed by atoms with E-state index in [4.69, 9.17) is 16.4 Å². The van der Waals surface area contributed by atoms with Crippen LogP contribution in [0.25, 0.3) is 0 Å². The molecule has 1 saturated carbocycles. The molecule has 3 aromatic carbocycles. The van der Waals surface area contributed by atoms with Gasteiger partial charge in [0.15, 0.2) is 11.5 Å². The van der Waals surface area contributed by atoms with Crippen molar-refractivity contribution in [1.82, 2.24) is 5.48 Å². The quantitative estimate of drug-likeness (QED) is 0.147. The molecule has 1 aliphatic carbocycles. The molecule has 0 radical (unpaired) electrons. The molecule has 176 valence electrons. The van der Waals surface area contributed by atoms with Gasteiger partial charge in [0.1, 0.15) is 0 Å². The van der Waals surface area contributed by atoms with E-state index in [0.29, 0.717) is 28.9 Å². The summed E-state index contributed by atoms with van der Waals surface area (Å²) in [5.41, 5.74) is 1.45. The first-order valence-corrected chi connectivity index (χ1v) is 11.8. The molecule has 1 aliphatic rings. The lowest BCUT2D eigenvalue weighted by atomic mass is 10.1. The second kappa shape index (κ2) is 10.5. The van der Waals surface area contributed by atoms with Crippen LogP contribution in [0.2, 0.25) is 5.02 Å². The Hall–Kier alpha value is -2.96. The Morgan fingerprint density at radius 2 is 1.88 bits per heavy atom. The molecule has 0 atom stereocenters. The van der Waals surface area contributed by atoms with Crippen LogP contribution < -0.4 is 16.1 Å². The number of nitro benzene ring substituents is 1. The molecule has 3 aromatic rings. The highest BCUT2D eigenvalue weighted by Crippen LogP contribution is 2.40. The van der Waals surface area contributed by atoms with Crippen LogP contribution in [0, 0.1) is 25.4 Å². The van der Waals surface area contributed by atoms with E-state index in [2.05, 4.69) is 38.7 Å². The third-order valence-corrected chi connectivity index (χ3v) is 6.09. The van der Waals surface area contributed by atoms with Gasteiger partial charge in [0.05, 0.1) is 33.5 Å². The van der Waals surface area contributed by atoms with Crippen LogP contribution in [0.4, 0.5) is 32.8 Å². The van der Waals surface area contributed by atoms with E-state index >= 15 is 4.39 Å². The number of carbonyl (C=O) groups is 1. The first-order valence-electron chi connectivity index (χ1n) is 10.3. The Kier molecular flexibility index (Phi) is 7.49. The molecule has 1 amide bonds.